The van der Waals surface area contributed by atoms with Crippen molar-refractivity contribution in [3.05, 3.63) is 41.4 Å². The topological polar surface area (TPSA) is 37.4 Å². The number of hydrogen-bond donors (Lipinski definition) is 0. The zero-order valence-corrected chi connectivity index (χ0v) is 9.50. The van der Waals surface area contributed by atoms with Crippen LogP contribution in [0.2, 0.25) is 5.02 Å². The van der Waals surface area contributed by atoms with Crippen LogP contribution in [0.15, 0.2) is 41.3 Å². The van der Waals surface area contributed by atoms with E-state index in [0.29, 0.717) is 18.1 Å². The van der Waals surface area contributed by atoms with Crippen molar-refractivity contribution in [1.82, 2.24) is 4.31 Å². The maximum atomic E-state index is 12.0. The monoisotopic (exact) mass is 243 g/mol. The molecule has 0 bridgehead atoms. The van der Waals surface area contributed by atoms with Crippen LogP contribution in [0.1, 0.15) is 0 Å². The SMILES string of the molecule is O=S(=O)(c1ccc(Cl)cc1)N1CC=CC1. The minimum atomic E-state index is -3.34. The zero-order chi connectivity index (χ0) is 10.9. The molecule has 0 radical (unpaired) electrons. The number of halogens is 1. The Hall–Kier alpha value is -0.840. The fraction of sp³-hybridized carbons (Fsp3) is 0.200. The smallest absolute Gasteiger partial charge is 0.207 e. The highest BCUT2D eigenvalue weighted by Crippen LogP contribution is 2.19. The van der Waals surface area contributed by atoms with Crippen LogP contribution in [0.3, 0.4) is 0 Å². The summed E-state index contributed by atoms with van der Waals surface area (Å²) in [6, 6.07) is 6.21. The fourth-order valence-electron chi connectivity index (χ4n) is 1.41. The van der Waals surface area contributed by atoms with Crippen molar-refractivity contribution in [2.24, 2.45) is 0 Å². The third-order valence-corrected chi connectivity index (χ3v) is 4.33. The van der Waals surface area contributed by atoms with E-state index in [4.69, 9.17) is 11.6 Å². The second-order valence-corrected chi connectivity index (χ2v) is 5.62. The third-order valence-electron chi connectivity index (χ3n) is 2.24. The van der Waals surface area contributed by atoms with Crippen LogP contribution >= 0.6 is 11.6 Å². The van der Waals surface area contributed by atoms with E-state index in [9.17, 15) is 8.42 Å². The van der Waals surface area contributed by atoms with Gasteiger partial charge in [-0.2, -0.15) is 4.31 Å². The molecule has 1 aromatic carbocycles. The van der Waals surface area contributed by atoms with E-state index < -0.39 is 10.0 Å². The van der Waals surface area contributed by atoms with Crippen LogP contribution in [-0.2, 0) is 10.0 Å². The van der Waals surface area contributed by atoms with Gasteiger partial charge in [0.1, 0.15) is 0 Å². The molecule has 1 aliphatic heterocycles. The number of rotatable bonds is 2. The van der Waals surface area contributed by atoms with Crippen molar-refractivity contribution >= 4 is 21.6 Å². The maximum Gasteiger partial charge on any atom is 0.243 e. The first-order valence-corrected chi connectivity index (χ1v) is 6.33. The lowest BCUT2D eigenvalue weighted by molar-refractivity contribution is 0.488. The van der Waals surface area contributed by atoms with E-state index in [2.05, 4.69) is 0 Å². The van der Waals surface area contributed by atoms with Crippen molar-refractivity contribution in [2.75, 3.05) is 13.1 Å². The maximum absolute atomic E-state index is 12.0. The average molecular weight is 244 g/mol. The quantitative estimate of drug-likeness (QED) is 0.744. The van der Waals surface area contributed by atoms with Crippen LogP contribution in [0, 0.1) is 0 Å². The first-order valence-electron chi connectivity index (χ1n) is 4.51. The van der Waals surface area contributed by atoms with Crippen molar-refractivity contribution in [3.63, 3.8) is 0 Å². The molecule has 15 heavy (non-hydrogen) atoms. The lowest BCUT2D eigenvalue weighted by Gasteiger charge is -2.15. The molecular formula is C10H10ClNO2S. The molecule has 0 aliphatic carbocycles. The molecule has 3 nitrogen and oxygen atoms in total. The Morgan fingerprint density at radius 2 is 1.60 bits per heavy atom. The minimum Gasteiger partial charge on any atom is -0.207 e. The molecule has 0 atom stereocenters. The van der Waals surface area contributed by atoms with E-state index in [-0.39, 0.29) is 4.90 Å². The molecule has 2 rings (SSSR count). The Labute approximate surface area is 94.0 Å². The predicted molar refractivity (Wildman–Crippen MR) is 59.4 cm³/mol. The number of hydrogen-bond acceptors (Lipinski definition) is 2. The van der Waals surface area contributed by atoms with Crippen LogP contribution in [-0.4, -0.2) is 25.8 Å². The average Bonchev–Trinajstić information content (AvgIpc) is 2.71. The first kappa shape index (κ1) is 10.7. The van der Waals surface area contributed by atoms with Crippen molar-refractivity contribution in [1.29, 1.82) is 0 Å². The minimum absolute atomic E-state index is 0.288. The molecule has 0 aromatic heterocycles. The molecule has 0 amide bonds. The van der Waals surface area contributed by atoms with Gasteiger partial charge < -0.3 is 0 Å². The number of nitrogens with zero attached hydrogens (tertiary/aromatic N) is 1. The second-order valence-electron chi connectivity index (χ2n) is 3.25. The molecule has 0 N–H and O–H groups in total. The summed E-state index contributed by atoms with van der Waals surface area (Å²) in [5, 5.41) is 0.536. The molecule has 0 unspecified atom stereocenters. The van der Waals surface area contributed by atoms with Gasteiger partial charge in [0.05, 0.1) is 4.90 Å². The van der Waals surface area contributed by atoms with Gasteiger partial charge in [-0.25, -0.2) is 8.42 Å². The highest BCUT2D eigenvalue weighted by Gasteiger charge is 2.24. The van der Waals surface area contributed by atoms with Gasteiger partial charge in [-0.15, -0.1) is 0 Å². The van der Waals surface area contributed by atoms with E-state index in [1.807, 2.05) is 12.2 Å². The summed E-state index contributed by atoms with van der Waals surface area (Å²) < 4.78 is 25.4. The summed E-state index contributed by atoms with van der Waals surface area (Å²) >= 11 is 5.70. The van der Waals surface area contributed by atoms with E-state index >= 15 is 0 Å². The summed E-state index contributed by atoms with van der Waals surface area (Å²) in [5.74, 6) is 0. The van der Waals surface area contributed by atoms with Crippen LogP contribution in [0.4, 0.5) is 0 Å². The normalized spacial score (nSPS) is 17.1. The van der Waals surface area contributed by atoms with Gasteiger partial charge in [0.15, 0.2) is 0 Å². The van der Waals surface area contributed by atoms with Crippen molar-refractivity contribution in [3.8, 4) is 0 Å². The Balaban J connectivity index is 2.33. The van der Waals surface area contributed by atoms with Crippen LogP contribution in [0.5, 0.6) is 0 Å². The lowest BCUT2D eigenvalue weighted by atomic mass is 10.4. The summed E-state index contributed by atoms with van der Waals surface area (Å²) in [4.78, 5) is 0.288. The van der Waals surface area contributed by atoms with Crippen LogP contribution < -0.4 is 0 Å². The molecule has 0 saturated carbocycles. The highest BCUT2D eigenvalue weighted by molar-refractivity contribution is 7.89. The lowest BCUT2D eigenvalue weighted by Crippen LogP contribution is -2.28. The standard InChI is InChI=1S/C10H10ClNO2S/c11-9-3-5-10(6-4-9)15(13,14)12-7-1-2-8-12/h1-6H,7-8H2. The predicted octanol–water partition coefficient (Wildman–Crippen LogP) is 1.90. The Morgan fingerprint density at radius 1 is 1.07 bits per heavy atom. The number of benzene rings is 1. The number of sulfonamides is 1. The van der Waals surface area contributed by atoms with E-state index in [1.165, 1.54) is 16.4 Å². The summed E-state index contributed by atoms with van der Waals surface area (Å²) in [5.41, 5.74) is 0. The first-order chi connectivity index (χ1) is 7.10. The van der Waals surface area contributed by atoms with E-state index in [1.54, 1.807) is 12.1 Å². The Kier molecular flexibility index (Phi) is 2.82. The molecule has 1 aliphatic rings. The van der Waals surface area contributed by atoms with Gasteiger partial charge in [-0.3, -0.25) is 0 Å². The molecule has 0 saturated heterocycles. The zero-order valence-electron chi connectivity index (χ0n) is 7.93. The second kappa shape index (κ2) is 3.96. The highest BCUT2D eigenvalue weighted by atomic mass is 35.5. The molecular weight excluding hydrogens is 234 g/mol. The van der Waals surface area contributed by atoms with Crippen LogP contribution in [0.25, 0.3) is 0 Å². The summed E-state index contributed by atoms with van der Waals surface area (Å²) in [7, 11) is -3.34. The van der Waals surface area contributed by atoms with Gasteiger partial charge in [-0.1, -0.05) is 23.8 Å². The molecule has 0 fully saturated rings. The third kappa shape index (κ3) is 2.07. The van der Waals surface area contributed by atoms with Gasteiger partial charge in [0, 0.05) is 18.1 Å². The van der Waals surface area contributed by atoms with E-state index in [0.717, 1.165) is 0 Å². The molecule has 80 valence electrons. The van der Waals surface area contributed by atoms with Gasteiger partial charge >= 0.3 is 0 Å². The van der Waals surface area contributed by atoms with Crippen molar-refractivity contribution < 1.29 is 8.42 Å². The fourth-order valence-corrected chi connectivity index (χ4v) is 2.88. The Morgan fingerprint density at radius 3 is 2.13 bits per heavy atom. The van der Waals surface area contributed by atoms with Gasteiger partial charge in [0.2, 0.25) is 10.0 Å². The molecule has 5 heteroatoms. The van der Waals surface area contributed by atoms with Gasteiger partial charge in [0.25, 0.3) is 0 Å². The summed E-state index contributed by atoms with van der Waals surface area (Å²) in [6.07, 6.45) is 3.68. The Bertz CT molecular complexity index is 471. The largest absolute Gasteiger partial charge is 0.243 e. The molecule has 1 heterocycles. The summed E-state index contributed by atoms with van der Waals surface area (Å²) in [6.45, 7) is 0.899. The van der Waals surface area contributed by atoms with Crippen molar-refractivity contribution in [2.45, 2.75) is 4.90 Å². The molecule has 1 aromatic rings. The molecule has 0 spiro atoms. The van der Waals surface area contributed by atoms with Gasteiger partial charge in [-0.05, 0) is 24.3 Å².